The van der Waals surface area contributed by atoms with Gasteiger partial charge in [-0.25, -0.2) is 8.42 Å². The molecule has 0 aromatic heterocycles. The molecular weight excluding hydrogens is 264 g/mol. The van der Waals surface area contributed by atoms with E-state index in [9.17, 15) is 8.42 Å². The third-order valence-electron chi connectivity index (χ3n) is 2.72. The van der Waals surface area contributed by atoms with E-state index in [1.54, 1.807) is 18.2 Å². The van der Waals surface area contributed by atoms with E-state index >= 15 is 0 Å². The van der Waals surface area contributed by atoms with Gasteiger partial charge in [0.25, 0.3) is 0 Å². The van der Waals surface area contributed by atoms with Crippen LogP contribution in [0.1, 0.15) is 32.3 Å². The summed E-state index contributed by atoms with van der Waals surface area (Å²) in [6.07, 6.45) is 1.21. The molecule has 1 rings (SSSR count). The second kappa shape index (κ2) is 6.91. The Hall–Kier alpha value is -1.07. The highest BCUT2D eigenvalue weighted by atomic mass is 32.2. The van der Waals surface area contributed by atoms with Crippen molar-refractivity contribution in [1.29, 1.82) is 0 Å². The summed E-state index contributed by atoms with van der Waals surface area (Å²) < 4.78 is 34.0. The van der Waals surface area contributed by atoms with Gasteiger partial charge >= 0.3 is 0 Å². The standard InChI is InChI=1S/C14H22O4S/c1-5-17-8-9-18-14-7-6-12(19(4,15)16)10-13(14)11(2)3/h6-7,10-11H,5,8-9H2,1-4H3. The first-order chi connectivity index (χ1) is 8.86. The van der Waals surface area contributed by atoms with Crippen molar-refractivity contribution in [3.63, 3.8) is 0 Å². The molecule has 0 aliphatic heterocycles. The zero-order chi connectivity index (χ0) is 14.5. The molecule has 0 unspecified atom stereocenters. The first-order valence-electron chi connectivity index (χ1n) is 6.40. The highest BCUT2D eigenvalue weighted by Crippen LogP contribution is 2.29. The SMILES string of the molecule is CCOCCOc1ccc(S(C)(=O)=O)cc1C(C)C. The van der Waals surface area contributed by atoms with E-state index in [0.717, 1.165) is 11.3 Å². The van der Waals surface area contributed by atoms with Crippen LogP contribution < -0.4 is 4.74 Å². The van der Waals surface area contributed by atoms with Crippen molar-refractivity contribution in [2.45, 2.75) is 31.6 Å². The van der Waals surface area contributed by atoms with E-state index in [1.807, 2.05) is 20.8 Å². The van der Waals surface area contributed by atoms with Gasteiger partial charge in [-0.15, -0.1) is 0 Å². The van der Waals surface area contributed by atoms with Crippen LogP contribution in [0.3, 0.4) is 0 Å². The Morgan fingerprint density at radius 1 is 1.21 bits per heavy atom. The monoisotopic (exact) mass is 286 g/mol. The maximum atomic E-state index is 11.6. The highest BCUT2D eigenvalue weighted by Gasteiger charge is 2.14. The Morgan fingerprint density at radius 3 is 2.42 bits per heavy atom. The normalized spacial score (nSPS) is 11.8. The summed E-state index contributed by atoms with van der Waals surface area (Å²) in [5, 5.41) is 0. The van der Waals surface area contributed by atoms with Crippen molar-refractivity contribution in [2.75, 3.05) is 26.1 Å². The van der Waals surface area contributed by atoms with Crippen LogP contribution in [0, 0.1) is 0 Å². The van der Waals surface area contributed by atoms with Crippen LogP contribution in [-0.4, -0.2) is 34.5 Å². The predicted molar refractivity (Wildman–Crippen MR) is 75.6 cm³/mol. The molecule has 0 radical (unpaired) electrons. The van der Waals surface area contributed by atoms with Crippen LogP contribution in [0.4, 0.5) is 0 Å². The number of ether oxygens (including phenoxy) is 2. The summed E-state index contributed by atoms with van der Waals surface area (Å²) in [5.41, 5.74) is 0.902. The first-order valence-corrected chi connectivity index (χ1v) is 8.30. The molecular formula is C14H22O4S. The predicted octanol–water partition coefficient (Wildman–Crippen LogP) is 2.63. The summed E-state index contributed by atoms with van der Waals surface area (Å²) in [6.45, 7) is 7.61. The average molecular weight is 286 g/mol. The van der Waals surface area contributed by atoms with Crippen LogP contribution in [0.25, 0.3) is 0 Å². The Balaban J connectivity index is 2.93. The molecule has 0 saturated carbocycles. The van der Waals surface area contributed by atoms with Crippen LogP contribution >= 0.6 is 0 Å². The Bertz CT molecular complexity index is 506. The van der Waals surface area contributed by atoms with Crippen LogP contribution in [-0.2, 0) is 14.6 Å². The van der Waals surface area contributed by atoms with Crippen molar-refractivity contribution in [3.05, 3.63) is 23.8 Å². The van der Waals surface area contributed by atoms with E-state index in [2.05, 4.69) is 0 Å². The number of hydrogen-bond donors (Lipinski definition) is 0. The lowest BCUT2D eigenvalue weighted by Crippen LogP contribution is -2.09. The van der Waals surface area contributed by atoms with E-state index in [4.69, 9.17) is 9.47 Å². The molecule has 0 atom stereocenters. The van der Waals surface area contributed by atoms with Gasteiger partial charge in [0.2, 0.25) is 0 Å². The Morgan fingerprint density at radius 2 is 1.89 bits per heavy atom. The van der Waals surface area contributed by atoms with E-state index < -0.39 is 9.84 Å². The van der Waals surface area contributed by atoms with Crippen molar-refractivity contribution < 1.29 is 17.9 Å². The molecule has 0 aliphatic carbocycles. The fourth-order valence-corrected chi connectivity index (χ4v) is 2.35. The fourth-order valence-electron chi connectivity index (χ4n) is 1.69. The number of hydrogen-bond acceptors (Lipinski definition) is 4. The van der Waals surface area contributed by atoms with Crippen LogP contribution in [0.5, 0.6) is 5.75 Å². The Kier molecular flexibility index (Phi) is 5.82. The van der Waals surface area contributed by atoms with Crippen LogP contribution in [0.2, 0.25) is 0 Å². The molecule has 0 bridgehead atoms. The van der Waals surface area contributed by atoms with E-state index in [0.29, 0.717) is 24.7 Å². The maximum absolute atomic E-state index is 11.6. The van der Waals surface area contributed by atoms with Gasteiger partial charge in [-0.2, -0.15) is 0 Å². The average Bonchev–Trinajstić information content (AvgIpc) is 2.33. The third-order valence-corrected chi connectivity index (χ3v) is 3.83. The van der Waals surface area contributed by atoms with Crippen molar-refractivity contribution in [3.8, 4) is 5.75 Å². The quantitative estimate of drug-likeness (QED) is 0.723. The zero-order valence-corrected chi connectivity index (χ0v) is 12.8. The smallest absolute Gasteiger partial charge is 0.175 e. The molecule has 1 aromatic carbocycles. The Labute approximate surface area is 115 Å². The largest absolute Gasteiger partial charge is 0.491 e. The molecule has 0 spiro atoms. The summed E-state index contributed by atoms with van der Waals surface area (Å²) >= 11 is 0. The molecule has 5 heteroatoms. The molecule has 4 nitrogen and oxygen atoms in total. The van der Waals surface area contributed by atoms with Gasteiger partial charge in [-0.3, -0.25) is 0 Å². The lowest BCUT2D eigenvalue weighted by atomic mass is 10.0. The fraction of sp³-hybridized carbons (Fsp3) is 0.571. The summed E-state index contributed by atoms with van der Waals surface area (Å²) in [7, 11) is -3.18. The molecule has 0 fully saturated rings. The van der Waals surface area contributed by atoms with Gasteiger partial charge in [0, 0.05) is 12.9 Å². The van der Waals surface area contributed by atoms with Gasteiger partial charge in [0.15, 0.2) is 9.84 Å². The zero-order valence-electron chi connectivity index (χ0n) is 12.0. The van der Waals surface area contributed by atoms with Gasteiger partial charge in [-0.05, 0) is 36.6 Å². The molecule has 0 N–H and O–H groups in total. The van der Waals surface area contributed by atoms with Crippen molar-refractivity contribution in [2.24, 2.45) is 0 Å². The lowest BCUT2D eigenvalue weighted by Gasteiger charge is -2.15. The highest BCUT2D eigenvalue weighted by molar-refractivity contribution is 7.90. The molecule has 108 valence electrons. The minimum atomic E-state index is -3.18. The van der Waals surface area contributed by atoms with E-state index in [1.165, 1.54) is 6.26 Å². The minimum absolute atomic E-state index is 0.198. The minimum Gasteiger partial charge on any atom is -0.491 e. The molecule has 0 amide bonds. The van der Waals surface area contributed by atoms with Crippen molar-refractivity contribution in [1.82, 2.24) is 0 Å². The maximum Gasteiger partial charge on any atom is 0.175 e. The number of benzene rings is 1. The van der Waals surface area contributed by atoms with Crippen molar-refractivity contribution >= 4 is 9.84 Å². The molecule has 0 aliphatic rings. The van der Waals surface area contributed by atoms with Gasteiger partial charge in [0.1, 0.15) is 12.4 Å². The lowest BCUT2D eigenvalue weighted by molar-refractivity contribution is 0.109. The molecule has 0 heterocycles. The topological polar surface area (TPSA) is 52.6 Å². The van der Waals surface area contributed by atoms with E-state index in [-0.39, 0.29) is 5.92 Å². The third kappa shape index (κ3) is 4.84. The summed E-state index contributed by atoms with van der Waals surface area (Å²) in [4.78, 5) is 0.327. The summed E-state index contributed by atoms with van der Waals surface area (Å²) in [5.74, 6) is 0.922. The second-order valence-electron chi connectivity index (χ2n) is 4.67. The second-order valence-corrected chi connectivity index (χ2v) is 6.69. The van der Waals surface area contributed by atoms with Gasteiger partial charge in [-0.1, -0.05) is 13.8 Å². The van der Waals surface area contributed by atoms with Gasteiger partial charge < -0.3 is 9.47 Å². The number of rotatable bonds is 7. The number of sulfone groups is 1. The molecule has 0 saturated heterocycles. The van der Waals surface area contributed by atoms with Gasteiger partial charge in [0.05, 0.1) is 11.5 Å². The van der Waals surface area contributed by atoms with Crippen LogP contribution in [0.15, 0.2) is 23.1 Å². The molecule has 1 aromatic rings. The molecule has 19 heavy (non-hydrogen) atoms. The summed E-state index contributed by atoms with van der Waals surface area (Å²) in [6, 6.07) is 4.99. The first kappa shape index (κ1) is 16.0.